The van der Waals surface area contributed by atoms with Gasteiger partial charge in [0.05, 0.1) is 5.69 Å². The van der Waals surface area contributed by atoms with Gasteiger partial charge in [0.25, 0.3) is 0 Å². The van der Waals surface area contributed by atoms with Crippen LogP contribution in [0.1, 0.15) is 40.5 Å². The van der Waals surface area contributed by atoms with Gasteiger partial charge in [0.1, 0.15) is 17.6 Å². The summed E-state index contributed by atoms with van der Waals surface area (Å²) in [4.78, 5) is 24.7. The largest absolute Gasteiger partial charge is 0.506 e. The Balaban J connectivity index is 3.19. The van der Waals surface area contributed by atoms with Gasteiger partial charge in [-0.2, -0.15) is 0 Å². The summed E-state index contributed by atoms with van der Waals surface area (Å²) in [5.74, 6) is -0.0206. The van der Waals surface area contributed by atoms with E-state index in [4.69, 9.17) is 4.74 Å². The molecular weight excluding hydrogens is 270 g/mol. The van der Waals surface area contributed by atoms with Gasteiger partial charge >= 0.3 is 6.09 Å². The number of anilines is 1. The quantitative estimate of drug-likeness (QED) is 0.844. The van der Waals surface area contributed by atoms with E-state index in [0.29, 0.717) is 12.1 Å². The van der Waals surface area contributed by atoms with Crippen molar-refractivity contribution < 1.29 is 19.4 Å². The van der Waals surface area contributed by atoms with E-state index in [1.165, 1.54) is 11.0 Å². The second-order valence-electron chi connectivity index (χ2n) is 5.80. The SMILES string of the molecule is CCC(CC=O)N(C(=O)OC(C)(C)C)c1ccccc1O. The number of phenols is 1. The summed E-state index contributed by atoms with van der Waals surface area (Å²) < 4.78 is 5.40. The number of ether oxygens (including phenoxy) is 1. The molecular formula is C16H23NO4. The van der Waals surface area contributed by atoms with Gasteiger partial charge in [-0.3, -0.25) is 4.90 Å². The lowest BCUT2D eigenvalue weighted by atomic mass is 10.1. The van der Waals surface area contributed by atoms with E-state index >= 15 is 0 Å². The van der Waals surface area contributed by atoms with Crippen LogP contribution in [0.4, 0.5) is 10.5 Å². The van der Waals surface area contributed by atoms with Crippen LogP contribution in [0.2, 0.25) is 0 Å². The van der Waals surface area contributed by atoms with E-state index in [-0.39, 0.29) is 18.2 Å². The third-order valence-corrected chi connectivity index (χ3v) is 2.94. The first-order chi connectivity index (χ1) is 9.80. The number of rotatable bonds is 5. The molecule has 1 rings (SSSR count). The molecule has 0 saturated carbocycles. The number of hydrogen-bond acceptors (Lipinski definition) is 4. The van der Waals surface area contributed by atoms with E-state index < -0.39 is 11.7 Å². The van der Waals surface area contributed by atoms with Crippen molar-refractivity contribution in [2.45, 2.75) is 52.2 Å². The second-order valence-corrected chi connectivity index (χ2v) is 5.80. The summed E-state index contributed by atoms with van der Waals surface area (Å²) in [5, 5.41) is 10.0. The molecule has 0 bridgehead atoms. The predicted octanol–water partition coefficient (Wildman–Crippen LogP) is 3.50. The van der Waals surface area contributed by atoms with Gasteiger partial charge in [0, 0.05) is 12.5 Å². The number of carbonyl (C=O) groups excluding carboxylic acids is 2. The highest BCUT2D eigenvalue weighted by molar-refractivity contribution is 5.90. The summed E-state index contributed by atoms with van der Waals surface area (Å²) in [6.45, 7) is 7.20. The zero-order chi connectivity index (χ0) is 16.0. The standard InChI is InChI=1S/C16H23NO4/c1-5-12(10-11-18)17(15(20)21-16(2,3)4)13-8-6-7-9-14(13)19/h6-9,11-12,19H,5,10H2,1-4H3. The van der Waals surface area contributed by atoms with E-state index in [2.05, 4.69) is 0 Å². The smallest absolute Gasteiger partial charge is 0.415 e. The number of aromatic hydroxyl groups is 1. The summed E-state index contributed by atoms with van der Waals surface area (Å²) >= 11 is 0. The Kier molecular flexibility index (Phi) is 5.76. The average Bonchev–Trinajstić information content (AvgIpc) is 2.38. The number of aldehydes is 1. The molecule has 116 valence electrons. The van der Waals surface area contributed by atoms with Crippen molar-refractivity contribution in [3.63, 3.8) is 0 Å². The zero-order valence-electron chi connectivity index (χ0n) is 13.0. The molecule has 0 aliphatic carbocycles. The zero-order valence-corrected chi connectivity index (χ0v) is 13.0. The molecule has 1 unspecified atom stereocenters. The summed E-state index contributed by atoms with van der Waals surface area (Å²) in [6.07, 6.45) is 0.958. The number of hydrogen-bond donors (Lipinski definition) is 1. The number of phenolic OH excluding ortho intramolecular Hbond substituents is 1. The fourth-order valence-electron chi connectivity index (χ4n) is 1.99. The van der Waals surface area contributed by atoms with Crippen LogP contribution < -0.4 is 4.90 Å². The van der Waals surface area contributed by atoms with Gasteiger partial charge in [-0.1, -0.05) is 19.1 Å². The molecule has 21 heavy (non-hydrogen) atoms. The summed E-state index contributed by atoms with van der Waals surface area (Å²) in [6, 6.07) is 6.17. The van der Waals surface area contributed by atoms with Crippen LogP contribution in [-0.4, -0.2) is 29.1 Å². The molecule has 5 nitrogen and oxygen atoms in total. The Morgan fingerprint density at radius 2 is 2.00 bits per heavy atom. The van der Waals surface area contributed by atoms with Gasteiger partial charge < -0.3 is 14.6 Å². The lowest BCUT2D eigenvalue weighted by Crippen LogP contribution is -2.43. The molecule has 5 heteroatoms. The number of nitrogens with zero attached hydrogens (tertiary/aromatic N) is 1. The minimum absolute atomic E-state index is 0.0206. The monoisotopic (exact) mass is 293 g/mol. The molecule has 0 radical (unpaired) electrons. The van der Waals surface area contributed by atoms with Crippen molar-refractivity contribution in [2.75, 3.05) is 4.90 Å². The van der Waals surface area contributed by atoms with E-state index in [1.54, 1.807) is 39.0 Å². The predicted molar refractivity (Wildman–Crippen MR) is 81.6 cm³/mol. The fourth-order valence-corrected chi connectivity index (χ4v) is 1.99. The first kappa shape index (κ1) is 17.0. The minimum Gasteiger partial charge on any atom is -0.506 e. The molecule has 1 amide bonds. The topological polar surface area (TPSA) is 66.8 Å². The van der Waals surface area contributed by atoms with Crippen LogP contribution in [0.3, 0.4) is 0 Å². The third-order valence-electron chi connectivity index (χ3n) is 2.94. The highest BCUT2D eigenvalue weighted by Crippen LogP contribution is 2.31. The van der Waals surface area contributed by atoms with Crippen molar-refractivity contribution in [3.05, 3.63) is 24.3 Å². The Bertz CT molecular complexity index is 493. The van der Waals surface area contributed by atoms with Crippen molar-refractivity contribution >= 4 is 18.1 Å². The van der Waals surface area contributed by atoms with Gasteiger partial charge in [-0.05, 0) is 39.3 Å². The third kappa shape index (κ3) is 4.77. The molecule has 1 aromatic carbocycles. The summed E-state index contributed by atoms with van der Waals surface area (Å²) in [7, 11) is 0. The maximum atomic E-state index is 12.5. The Labute approximate surface area is 125 Å². The molecule has 1 atom stereocenters. The Morgan fingerprint density at radius 3 is 2.48 bits per heavy atom. The molecule has 1 N–H and O–H groups in total. The highest BCUT2D eigenvalue weighted by atomic mass is 16.6. The molecule has 0 heterocycles. The molecule has 0 aliphatic rings. The van der Waals surface area contributed by atoms with Crippen LogP contribution in [0, 0.1) is 0 Å². The Morgan fingerprint density at radius 1 is 1.38 bits per heavy atom. The van der Waals surface area contributed by atoms with Crippen molar-refractivity contribution in [1.29, 1.82) is 0 Å². The molecule has 0 aromatic heterocycles. The van der Waals surface area contributed by atoms with Crippen LogP contribution in [0.15, 0.2) is 24.3 Å². The lowest BCUT2D eigenvalue weighted by molar-refractivity contribution is -0.108. The van der Waals surface area contributed by atoms with Crippen molar-refractivity contribution in [3.8, 4) is 5.75 Å². The number of carbonyl (C=O) groups is 2. The van der Waals surface area contributed by atoms with Gasteiger partial charge in [-0.15, -0.1) is 0 Å². The maximum absolute atomic E-state index is 12.5. The molecule has 0 fully saturated rings. The van der Waals surface area contributed by atoms with Gasteiger partial charge in [0.2, 0.25) is 0 Å². The summed E-state index contributed by atoms with van der Waals surface area (Å²) in [5.41, 5.74) is -0.306. The van der Waals surface area contributed by atoms with E-state index in [1.807, 2.05) is 6.92 Å². The average molecular weight is 293 g/mol. The first-order valence-corrected chi connectivity index (χ1v) is 7.04. The molecule has 1 aromatic rings. The Hall–Kier alpha value is -2.04. The van der Waals surface area contributed by atoms with Crippen LogP contribution in [0.25, 0.3) is 0 Å². The van der Waals surface area contributed by atoms with Gasteiger partial charge in [-0.25, -0.2) is 4.79 Å². The normalized spacial score (nSPS) is 12.6. The molecule has 0 spiro atoms. The number of para-hydroxylation sites is 2. The van der Waals surface area contributed by atoms with Gasteiger partial charge in [0.15, 0.2) is 0 Å². The molecule has 0 saturated heterocycles. The van der Waals surface area contributed by atoms with Crippen LogP contribution in [0.5, 0.6) is 5.75 Å². The first-order valence-electron chi connectivity index (χ1n) is 7.04. The maximum Gasteiger partial charge on any atom is 0.415 e. The highest BCUT2D eigenvalue weighted by Gasteiger charge is 2.30. The lowest BCUT2D eigenvalue weighted by Gasteiger charge is -2.32. The van der Waals surface area contributed by atoms with Crippen molar-refractivity contribution in [1.82, 2.24) is 0 Å². The molecule has 0 aliphatic heterocycles. The second kappa shape index (κ2) is 7.11. The van der Waals surface area contributed by atoms with E-state index in [0.717, 1.165) is 6.29 Å². The number of amides is 1. The minimum atomic E-state index is -0.654. The van der Waals surface area contributed by atoms with E-state index in [9.17, 15) is 14.7 Å². The van der Waals surface area contributed by atoms with Crippen LogP contribution in [-0.2, 0) is 9.53 Å². The van der Waals surface area contributed by atoms with Crippen LogP contribution >= 0.6 is 0 Å². The van der Waals surface area contributed by atoms with Crippen molar-refractivity contribution in [2.24, 2.45) is 0 Å². The number of benzene rings is 1. The fraction of sp³-hybridized carbons (Fsp3) is 0.500.